The highest BCUT2D eigenvalue weighted by atomic mass is 35.5. The molecule has 0 unspecified atom stereocenters. The Bertz CT molecular complexity index is 373. The van der Waals surface area contributed by atoms with Crippen molar-refractivity contribution in [2.24, 2.45) is 7.05 Å². The van der Waals surface area contributed by atoms with E-state index in [0.717, 1.165) is 5.56 Å². The van der Waals surface area contributed by atoms with Crippen LogP contribution in [0.15, 0.2) is 17.1 Å². The average Bonchev–Trinajstić information content (AvgIpc) is 1.94. The van der Waals surface area contributed by atoms with E-state index in [4.69, 9.17) is 11.6 Å². The second-order valence-corrected chi connectivity index (χ2v) is 4.64. The maximum atomic E-state index is 11.3. The van der Waals surface area contributed by atoms with Gasteiger partial charge in [-0.1, -0.05) is 32.4 Å². The van der Waals surface area contributed by atoms with Crippen molar-refractivity contribution in [1.29, 1.82) is 0 Å². The fourth-order valence-corrected chi connectivity index (χ4v) is 1.66. The van der Waals surface area contributed by atoms with Gasteiger partial charge in [-0.05, 0) is 11.0 Å². The number of aryl methyl sites for hydroxylation is 1. The van der Waals surface area contributed by atoms with E-state index in [2.05, 4.69) is 0 Å². The second kappa shape index (κ2) is 3.18. The first kappa shape index (κ1) is 10.3. The van der Waals surface area contributed by atoms with E-state index in [0.29, 0.717) is 5.02 Å². The van der Waals surface area contributed by atoms with Crippen molar-refractivity contribution in [3.63, 3.8) is 0 Å². The fraction of sp³-hybridized carbons (Fsp3) is 0.500. The molecule has 3 heteroatoms. The Morgan fingerprint density at radius 2 is 1.92 bits per heavy atom. The molecule has 0 aromatic carbocycles. The first-order chi connectivity index (χ1) is 5.82. The molecule has 1 heterocycles. The molecule has 13 heavy (non-hydrogen) atoms. The summed E-state index contributed by atoms with van der Waals surface area (Å²) in [5.74, 6) is 0. The van der Waals surface area contributed by atoms with Crippen molar-refractivity contribution >= 4 is 11.6 Å². The lowest BCUT2D eigenvalue weighted by Gasteiger charge is -2.20. The lowest BCUT2D eigenvalue weighted by Crippen LogP contribution is -2.21. The predicted molar refractivity (Wildman–Crippen MR) is 55.4 cm³/mol. The molecule has 0 aliphatic heterocycles. The van der Waals surface area contributed by atoms with Crippen molar-refractivity contribution in [3.05, 3.63) is 33.2 Å². The quantitative estimate of drug-likeness (QED) is 0.629. The summed E-state index contributed by atoms with van der Waals surface area (Å²) in [7, 11) is 1.70. The first-order valence-corrected chi connectivity index (χ1v) is 4.57. The van der Waals surface area contributed by atoms with E-state index in [1.54, 1.807) is 19.3 Å². The maximum absolute atomic E-state index is 11.3. The molecule has 0 fully saturated rings. The molecule has 0 aliphatic rings. The minimum atomic E-state index is -0.0789. The van der Waals surface area contributed by atoms with Crippen molar-refractivity contribution < 1.29 is 0 Å². The smallest absolute Gasteiger partial charge is 0.250 e. The van der Waals surface area contributed by atoms with Gasteiger partial charge in [-0.15, -0.1) is 0 Å². The van der Waals surface area contributed by atoms with Gasteiger partial charge in [0.05, 0.1) is 5.02 Å². The topological polar surface area (TPSA) is 22.0 Å². The Morgan fingerprint density at radius 3 is 2.38 bits per heavy atom. The van der Waals surface area contributed by atoms with Crippen LogP contribution in [0.4, 0.5) is 0 Å². The van der Waals surface area contributed by atoms with E-state index in [1.807, 2.05) is 20.8 Å². The lowest BCUT2D eigenvalue weighted by molar-refractivity contribution is 0.586. The summed E-state index contributed by atoms with van der Waals surface area (Å²) in [6, 6.07) is 1.60. The standard InChI is InChI=1S/C10H14ClNO/c1-10(2,3)7-5-9(13)12(4)6-8(7)11/h5-6H,1-4H3. The molecule has 0 atom stereocenters. The Hall–Kier alpha value is -0.760. The highest BCUT2D eigenvalue weighted by Crippen LogP contribution is 2.27. The number of halogens is 1. The summed E-state index contributed by atoms with van der Waals surface area (Å²) < 4.78 is 1.48. The molecule has 1 rings (SSSR count). The van der Waals surface area contributed by atoms with Gasteiger partial charge in [-0.2, -0.15) is 0 Å². The van der Waals surface area contributed by atoms with Gasteiger partial charge in [-0.3, -0.25) is 4.79 Å². The van der Waals surface area contributed by atoms with Crippen LogP contribution in [0, 0.1) is 0 Å². The zero-order chi connectivity index (χ0) is 10.2. The van der Waals surface area contributed by atoms with Crippen LogP contribution in [0.5, 0.6) is 0 Å². The Morgan fingerprint density at radius 1 is 1.38 bits per heavy atom. The molecule has 0 N–H and O–H groups in total. The van der Waals surface area contributed by atoms with Gasteiger partial charge in [0, 0.05) is 19.3 Å². The van der Waals surface area contributed by atoms with Gasteiger partial charge in [-0.25, -0.2) is 0 Å². The molecule has 0 amide bonds. The zero-order valence-corrected chi connectivity index (χ0v) is 9.14. The minimum Gasteiger partial charge on any atom is -0.317 e. The molecule has 2 nitrogen and oxygen atoms in total. The molecule has 1 aromatic heterocycles. The average molecular weight is 200 g/mol. The van der Waals surface area contributed by atoms with E-state index < -0.39 is 0 Å². The molecule has 0 aliphatic carbocycles. The first-order valence-electron chi connectivity index (χ1n) is 4.19. The number of hydrogen-bond donors (Lipinski definition) is 0. The molecule has 1 aromatic rings. The minimum absolute atomic E-state index is 0.0191. The summed E-state index contributed by atoms with van der Waals surface area (Å²) >= 11 is 6.03. The van der Waals surface area contributed by atoms with Crippen molar-refractivity contribution in [3.8, 4) is 0 Å². The third kappa shape index (κ3) is 2.13. The monoisotopic (exact) mass is 199 g/mol. The number of pyridine rings is 1. The third-order valence-corrected chi connectivity index (χ3v) is 2.29. The van der Waals surface area contributed by atoms with Gasteiger partial charge >= 0.3 is 0 Å². The van der Waals surface area contributed by atoms with Crippen molar-refractivity contribution in [2.45, 2.75) is 26.2 Å². The van der Waals surface area contributed by atoms with Gasteiger partial charge in [0.2, 0.25) is 0 Å². The summed E-state index contributed by atoms with van der Waals surface area (Å²) in [5.41, 5.74) is 0.802. The van der Waals surface area contributed by atoms with Gasteiger partial charge in [0.15, 0.2) is 0 Å². The number of aromatic nitrogens is 1. The molecule has 0 spiro atoms. The Balaban J connectivity index is 3.41. The Labute approximate surface area is 83.2 Å². The number of hydrogen-bond acceptors (Lipinski definition) is 1. The van der Waals surface area contributed by atoms with Crippen LogP contribution in [0.3, 0.4) is 0 Å². The second-order valence-electron chi connectivity index (χ2n) is 4.23. The van der Waals surface area contributed by atoms with Crippen LogP contribution in [-0.4, -0.2) is 4.57 Å². The molecule has 0 saturated heterocycles. The van der Waals surface area contributed by atoms with Gasteiger partial charge in [0.25, 0.3) is 5.56 Å². The largest absolute Gasteiger partial charge is 0.317 e. The summed E-state index contributed by atoms with van der Waals surface area (Å²) in [5, 5.41) is 0.648. The SMILES string of the molecule is Cn1cc(Cl)c(C(C)(C)C)cc1=O. The van der Waals surface area contributed by atoms with Crippen LogP contribution in [0.25, 0.3) is 0 Å². The lowest BCUT2D eigenvalue weighted by atomic mass is 9.88. The summed E-state index contributed by atoms with van der Waals surface area (Å²) in [4.78, 5) is 11.3. The molecule has 0 bridgehead atoms. The molecule has 0 radical (unpaired) electrons. The molecular formula is C10H14ClNO. The van der Waals surface area contributed by atoms with Crippen molar-refractivity contribution in [2.75, 3.05) is 0 Å². The number of rotatable bonds is 0. The van der Waals surface area contributed by atoms with E-state index >= 15 is 0 Å². The van der Waals surface area contributed by atoms with Crippen LogP contribution in [-0.2, 0) is 12.5 Å². The van der Waals surface area contributed by atoms with E-state index in [9.17, 15) is 4.79 Å². The highest BCUT2D eigenvalue weighted by Gasteiger charge is 2.18. The van der Waals surface area contributed by atoms with Crippen LogP contribution < -0.4 is 5.56 Å². The molecule has 0 saturated carbocycles. The Kier molecular flexibility index (Phi) is 2.53. The molecule has 72 valence electrons. The predicted octanol–water partition coefficient (Wildman–Crippen LogP) is 2.34. The fourth-order valence-electron chi connectivity index (χ4n) is 1.17. The normalized spacial score (nSPS) is 11.8. The van der Waals surface area contributed by atoms with Crippen LogP contribution in [0.2, 0.25) is 5.02 Å². The van der Waals surface area contributed by atoms with Crippen molar-refractivity contribution in [1.82, 2.24) is 4.57 Å². The van der Waals surface area contributed by atoms with Crippen LogP contribution in [0.1, 0.15) is 26.3 Å². The van der Waals surface area contributed by atoms with E-state index in [-0.39, 0.29) is 11.0 Å². The highest BCUT2D eigenvalue weighted by molar-refractivity contribution is 6.31. The van der Waals surface area contributed by atoms with Gasteiger partial charge in [0.1, 0.15) is 0 Å². The summed E-state index contributed by atoms with van der Waals surface area (Å²) in [6.07, 6.45) is 1.66. The molecular weight excluding hydrogens is 186 g/mol. The van der Waals surface area contributed by atoms with Crippen LogP contribution >= 0.6 is 11.6 Å². The zero-order valence-electron chi connectivity index (χ0n) is 8.39. The summed E-state index contributed by atoms with van der Waals surface area (Å²) in [6.45, 7) is 6.11. The third-order valence-electron chi connectivity index (χ3n) is 1.99. The maximum Gasteiger partial charge on any atom is 0.250 e. The van der Waals surface area contributed by atoms with E-state index in [1.165, 1.54) is 4.57 Å². The van der Waals surface area contributed by atoms with Gasteiger partial charge < -0.3 is 4.57 Å². The number of nitrogens with zero attached hydrogens (tertiary/aromatic N) is 1.